The first-order valence-corrected chi connectivity index (χ1v) is 6.08. The SMILES string of the molecule is O=C(O)c1ncc2c(n1)CS(=O)(=O)CC2. The van der Waals surface area contributed by atoms with E-state index in [1.807, 2.05) is 0 Å². The van der Waals surface area contributed by atoms with Crippen molar-refractivity contribution >= 4 is 15.8 Å². The first-order valence-electron chi connectivity index (χ1n) is 4.26. The minimum absolute atomic E-state index is 0.0791. The second-order valence-electron chi connectivity index (χ2n) is 3.31. The molecule has 0 aliphatic carbocycles. The van der Waals surface area contributed by atoms with Crippen LogP contribution in [0.4, 0.5) is 0 Å². The molecule has 0 unspecified atom stereocenters. The van der Waals surface area contributed by atoms with E-state index in [-0.39, 0.29) is 17.3 Å². The summed E-state index contributed by atoms with van der Waals surface area (Å²) in [6.45, 7) is 0. The van der Waals surface area contributed by atoms with Crippen molar-refractivity contribution in [1.82, 2.24) is 9.97 Å². The molecule has 1 aliphatic rings. The molecule has 6 nitrogen and oxygen atoms in total. The predicted octanol–water partition coefficient (Wildman–Crippen LogP) is -0.354. The smallest absolute Gasteiger partial charge is 0.373 e. The van der Waals surface area contributed by atoms with Gasteiger partial charge in [-0.1, -0.05) is 0 Å². The topological polar surface area (TPSA) is 97.2 Å². The van der Waals surface area contributed by atoms with Gasteiger partial charge in [0.05, 0.1) is 17.2 Å². The monoisotopic (exact) mass is 228 g/mol. The number of aryl methyl sites for hydroxylation is 1. The van der Waals surface area contributed by atoms with Gasteiger partial charge in [-0.3, -0.25) is 0 Å². The summed E-state index contributed by atoms with van der Waals surface area (Å²) in [6, 6.07) is 0. The normalized spacial score (nSPS) is 18.1. The molecular formula is C8H8N2O4S. The number of carboxylic acid groups (broad SMARTS) is 1. The molecule has 0 saturated carbocycles. The summed E-state index contributed by atoms with van der Waals surface area (Å²) in [5.41, 5.74) is 1.03. The zero-order chi connectivity index (χ0) is 11.1. The third-order valence-corrected chi connectivity index (χ3v) is 3.72. The molecule has 2 rings (SSSR count). The highest BCUT2D eigenvalue weighted by atomic mass is 32.2. The molecule has 0 aromatic carbocycles. The Hall–Kier alpha value is -1.50. The maximum absolute atomic E-state index is 11.3. The number of aromatic nitrogens is 2. The molecule has 1 aromatic heterocycles. The fourth-order valence-corrected chi connectivity index (χ4v) is 2.77. The van der Waals surface area contributed by atoms with Crippen LogP contribution in [0.15, 0.2) is 6.20 Å². The molecule has 0 bridgehead atoms. The summed E-state index contributed by atoms with van der Waals surface area (Å²) in [5, 5.41) is 8.64. The van der Waals surface area contributed by atoms with Crippen molar-refractivity contribution in [3.63, 3.8) is 0 Å². The number of nitrogens with zero attached hydrogens (tertiary/aromatic N) is 2. The van der Waals surface area contributed by atoms with Gasteiger partial charge in [0.15, 0.2) is 9.84 Å². The van der Waals surface area contributed by atoms with Gasteiger partial charge in [0.25, 0.3) is 0 Å². The average molecular weight is 228 g/mol. The van der Waals surface area contributed by atoms with E-state index in [1.165, 1.54) is 6.20 Å². The number of hydrogen-bond donors (Lipinski definition) is 1. The van der Waals surface area contributed by atoms with Crippen molar-refractivity contribution in [3.8, 4) is 0 Å². The van der Waals surface area contributed by atoms with Crippen LogP contribution in [0.25, 0.3) is 0 Å². The highest BCUT2D eigenvalue weighted by Crippen LogP contribution is 2.17. The molecule has 2 heterocycles. The molecule has 0 fully saturated rings. The number of rotatable bonds is 1. The predicted molar refractivity (Wildman–Crippen MR) is 50.2 cm³/mol. The molecule has 1 aromatic rings. The first-order chi connectivity index (χ1) is 6.98. The van der Waals surface area contributed by atoms with E-state index < -0.39 is 15.8 Å². The minimum atomic E-state index is -3.12. The van der Waals surface area contributed by atoms with Crippen molar-refractivity contribution in [2.24, 2.45) is 0 Å². The number of carbonyl (C=O) groups is 1. The summed E-state index contributed by atoms with van der Waals surface area (Å²) < 4.78 is 22.6. The molecule has 0 radical (unpaired) electrons. The Morgan fingerprint density at radius 3 is 2.87 bits per heavy atom. The second-order valence-corrected chi connectivity index (χ2v) is 5.50. The Kier molecular flexibility index (Phi) is 2.18. The van der Waals surface area contributed by atoms with Gasteiger partial charge in [-0.05, 0) is 12.0 Å². The largest absolute Gasteiger partial charge is 0.475 e. The zero-order valence-corrected chi connectivity index (χ0v) is 8.49. The van der Waals surface area contributed by atoms with Gasteiger partial charge in [0, 0.05) is 6.20 Å². The van der Waals surface area contributed by atoms with Gasteiger partial charge >= 0.3 is 5.97 Å². The standard InChI is InChI=1S/C8H8N2O4S/c11-8(12)7-9-3-5-1-2-15(13,14)4-6(5)10-7/h3H,1-2,4H2,(H,11,12). The van der Waals surface area contributed by atoms with E-state index in [0.717, 1.165) is 5.56 Å². The van der Waals surface area contributed by atoms with E-state index in [4.69, 9.17) is 5.11 Å². The molecule has 7 heteroatoms. The quantitative estimate of drug-likeness (QED) is 0.705. The van der Waals surface area contributed by atoms with E-state index in [9.17, 15) is 13.2 Å². The van der Waals surface area contributed by atoms with Crippen LogP contribution in [0, 0.1) is 0 Å². The number of hydrogen-bond acceptors (Lipinski definition) is 5. The van der Waals surface area contributed by atoms with E-state index in [2.05, 4.69) is 9.97 Å². The third-order valence-electron chi connectivity index (χ3n) is 2.18. The second kappa shape index (κ2) is 3.27. The lowest BCUT2D eigenvalue weighted by Gasteiger charge is -2.14. The maximum atomic E-state index is 11.3. The van der Waals surface area contributed by atoms with Crippen molar-refractivity contribution in [1.29, 1.82) is 0 Å². The molecule has 0 saturated heterocycles. The molecule has 0 spiro atoms. The lowest BCUT2D eigenvalue weighted by molar-refractivity contribution is 0.0683. The zero-order valence-electron chi connectivity index (χ0n) is 7.67. The van der Waals surface area contributed by atoms with Crippen molar-refractivity contribution in [3.05, 3.63) is 23.3 Å². The first kappa shape index (κ1) is 10.0. The number of aromatic carboxylic acids is 1. The Labute approximate surface area is 85.9 Å². The molecule has 1 N–H and O–H groups in total. The van der Waals surface area contributed by atoms with E-state index in [1.54, 1.807) is 0 Å². The molecule has 0 atom stereocenters. The molecule has 0 amide bonds. The van der Waals surface area contributed by atoms with E-state index in [0.29, 0.717) is 12.1 Å². The molecule has 80 valence electrons. The number of fused-ring (bicyclic) bond motifs is 1. The third kappa shape index (κ3) is 1.96. The average Bonchev–Trinajstić information content (AvgIpc) is 2.15. The van der Waals surface area contributed by atoms with Crippen LogP contribution in [-0.4, -0.2) is 35.2 Å². The fraction of sp³-hybridized carbons (Fsp3) is 0.375. The minimum Gasteiger partial charge on any atom is -0.475 e. The fourth-order valence-electron chi connectivity index (χ4n) is 1.42. The van der Waals surface area contributed by atoms with Gasteiger partial charge in [-0.2, -0.15) is 0 Å². The van der Waals surface area contributed by atoms with Crippen LogP contribution >= 0.6 is 0 Å². The number of carboxylic acids is 1. The summed E-state index contributed by atoms with van der Waals surface area (Å²) in [4.78, 5) is 17.9. The van der Waals surface area contributed by atoms with Gasteiger partial charge in [-0.25, -0.2) is 23.2 Å². The van der Waals surface area contributed by atoms with Gasteiger partial charge in [-0.15, -0.1) is 0 Å². The van der Waals surface area contributed by atoms with Gasteiger partial charge in [0.1, 0.15) is 0 Å². The van der Waals surface area contributed by atoms with Crippen LogP contribution in [0.2, 0.25) is 0 Å². The van der Waals surface area contributed by atoms with Crippen LogP contribution in [0.5, 0.6) is 0 Å². The van der Waals surface area contributed by atoms with Crippen LogP contribution < -0.4 is 0 Å². The number of sulfone groups is 1. The summed E-state index contributed by atoms with van der Waals surface area (Å²) in [6.07, 6.45) is 1.75. The van der Waals surface area contributed by atoms with Gasteiger partial charge < -0.3 is 5.11 Å². The van der Waals surface area contributed by atoms with Crippen molar-refractivity contribution < 1.29 is 18.3 Å². The Bertz CT molecular complexity index is 523. The van der Waals surface area contributed by atoms with Gasteiger partial charge in [0.2, 0.25) is 5.82 Å². The Balaban J connectivity index is 2.48. The van der Waals surface area contributed by atoms with Crippen LogP contribution in [0.3, 0.4) is 0 Å². The van der Waals surface area contributed by atoms with Crippen molar-refractivity contribution in [2.75, 3.05) is 5.75 Å². The summed E-state index contributed by atoms with van der Waals surface area (Å²) in [7, 11) is -3.12. The summed E-state index contributed by atoms with van der Waals surface area (Å²) >= 11 is 0. The summed E-state index contributed by atoms with van der Waals surface area (Å²) in [5.74, 6) is -1.72. The Morgan fingerprint density at radius 1 is 1.47 bits per heavy atom. The maximum Gasteiger partial charge on any atom is 0.373 e. The molecule has 1 aliphatic heterocycles. The lowest BCUT2D eigenvalue weighted by atomic mass is 10.2. The molecule has 15 heavy (non-hydrogen) atoms. The van der Waals surface area contributed by atoms with Crippen LogP contribution in [0.1, 0.15) is 21.9 Å². The molecular weight excluding hydrogens is 220 g/mol. The lowest BCUT2D eigenvalue weighted by Crippen LogP contribution is -2.22. The van der Waals surface area contributed by atoms with E-state index >= 15 is 0 Å². The highest BCUT2D eigenvalue weighted by molar-refractivity contribution is 7.90. The van der Waals surface area contributed by atoms with Crippen molar-refractivity contribution in [2.45, 2.75) is 12.2 Å². The highest BCUT2D eigenvalue weighted by Gasteiger charge is 2.24. The Morgan fingerprint density at radius 2 is 2.20 bits per heavy atom. The van der Waals surface area contributed by atoms with Crippen LogP contribution in [-0.2, 0) is 22.0 Å².